The second-order valence-corrected chi connectivity index (χ2v) is 8.69. The Balaban J connectivity index is 2.17. The van der Waals surface area contributed by atoms with Crippen molar-refractivity contribution in [1.29, 1.82) is 0 Å². The number of rotatable bonds is 3. The standard InChI is InChI=1S/C14H22BrN3OS/c1-14(2,3)17-9-11-8-12(15)10-16-13(11)18-4-6-20(19)7-5-18/h8,10,17H,4-7,9H2,1-3H3. The molecule has 4 nitrogen and oxygen atoms in total. The van der Waals surface area contributed by atoms with E-state index in [1.807, 2.05) is 6.20 Å². The van der Waals surface area contributed by atoms with Crippen LogP contribution in [0, 0.1) is 0 Å². The Bertz CT molecular complexity index is 492. The molecule has 1 fully saturated rings. The molecule has 1 saturated heterocycles. The Labute approximate surface area is 131 Å². The molecule has 112 valence electrons. The summed E-state index contributed by atoms with van der Waals surface area (Å²) in [6.45, 7) is 8.89. The minimum atomic E-state index is -0.658. The maximum Gasteiger partial charge on any atom is 0.133 e. The first-order valence-corrected chi connectivity index (χ1v) is 9.13. The molecule has 2 rings (SSSR count). The summed E-state index contributed by atoms with van der Waals surface area (Å²) in [5.41, 5.74) is 1.25. The van der Waals surface area contributed by atoms with Gasteiger partial charge in [0.2, 0.25) is 0 Å². The third-order valence-electron chi connectivity index (χ3n) is 3.20. The molecule has 1 N–H and O–H groups in total. The van der Waals surface area contributed by atoms with Crippen LogP contribution in [0.4, 0.5) is 5.82 Å². The third kappa shape index (κ3) is 4.53. The topological polar surface area (TPSA) is 45.2 Å². The fourth-order valence-corrected chi connectivity index (χ4v) is 3.53. The van der Waals surface area contributed by atoms with Gasteiger partial charge in [-0.25, -0.2) is 4.98 Å². The molecule has 0 atom stereocenters. The highest BCUT2D eigenvalue weighted by Gasteiger charge is 2.20. The van der Waals surface area contributed by atoms with E-state index < -0.39 is 10.8 Å². The Morgan fingerprint density at radius 2 is 2.05 bits per heavy atom. The summed E-state index contributed by atoms with van der Waals surface area (Å²) in [5, 5.41) is 3.51. The highest BCUT2D eigenvalue weighted by molar-refractivity contribution is 9.10. The summed E-state index contributed by atoms with van der Waals surface area (Å²) < 4.78 is 12.5. The van der Waals surface area contributed by atoms with Gasteiger partial charge in [-0.3, -0.25) is 4.21 Å². The molecule has 1 aliphatic rings. The van der Waals surface area contributed by atoms with E-state index >= 15 is 0 Å². The van der Waals surface area contributed by atoms with Crippen LogP contribution in [-0.2, 0) is 17.3 Å². The van der Waals surface area contributed by atoms with Gasteiger partial charge in [0.15, 0.2) is 0 Å². The van der Waals surface area contributed by atoms with Crippen LogP contribution in [0.25, 0.3) is 0 Å². The van der Waals surface area contributed by atoms with Crippen LogP contribution in [0.5, 0.6) is 0 Å². The second kappa shape index (κ2) is 6.54. The van der Waals surface area contributed by atoms with Crippen molar-refractivity contribution in [2.75, 3.05) is 29.5 Å². The highest BCUT2D eigenvalue weighted by Crippen LogP contribution is 2.23. The fourth-order valence-electron chi connectivity index (χ4n) is 2.10. The molecule has 0 aliphatic carbocycles. The number of pyridine rings is 1. The van der Waals surface area contributed by atoms with Crippen molar-refractivity contribution in [1.82, 2.24) is 10.3 Å². The molecule has 1 aromatic heterocycles. The van der Waals surface area contributed by atoms with Crippen molar-refractivity contribution in [3.05, 3.63) is 22.3 Å². The number of hydrogen-bond acceptors (Lipinski definition) is 4. The second-order valence-electron chi connectivity index (χ2n) is 6.07. The monoisotopic (exact) mass is 359 g/mol. The van der Waals surface area contributed by atoms with Crippen LogP contribution in [0.15, 0.2) is 16.7 Å². The van der Waals surface area contributed by atoms with E-state index in [2.05, 4.69) is 58.0 Å². The highest BCUT2D eigenvalue weighted by atomic mass is 79.9. The van der Waals surface area contributed by atoms with Crippen molar-refractivity contribution in [3.8, 4) is 0 Å². The number of hydrogen-bond donors (Lipinski definition) is 1. The smallest absolute Gasteiger partial charge is 0.133 e. The van der Waals surface area contributed by atoms with Crippen LogP contribution < -0.4 is 10.2 Å². The average Bonchev–Trinajstić information content (AvgIpc) is 2.37. The fraction of sp³-hybridized carbons (Fsp3) is 0.643. The van der Waals surface area contributed by atoms with Crippen LogP contribution in [0.3, 0.4) is 0 Å². The maximum absolute atomic E-state index is 11.5. The van der Waals surface area contributed by atoms with E-state index in [4.69, 9.17) is 0 Å². The zero-order chi connectivity index (χ0) is 14.8. The van der Waals surface area contributed by atoms with E-state index in [1.54, 1.807) is 0 Å². The lowest BCUT2D eigenvalue weighted by molar-refractivity contribution is 0.424. The van der Waals surface area contributed by atoms with Gasteiger partial charge in [-0.1, -0.05) is 0 Å². The molecule has 2 heterocycles. The molecule has 0 aromatic carbocycles. The summed E-state index contributed by atoms with van der Waals surface area (Å²) in [5.74, 6) is 2.50. The minimum Gasteiger partial charge on any atom is -0.355 e. The van der Waals surface area contributed by atoms with Gasteiger partial charge in [0, 0.05) is 63.7 Å². The number of nitrogens with one attached hydrogen (secondary N) is 1. The number of aromatic nitrogens is 1. The predicted octanol–water partition coefficient (Wildman–Crippen LogP) is 2.30. The van der Waals surface area contributed by atoms with Crippen LogP contribution in [-0.4, -0.2) is 39.3 Å². The molecule has 1 aliphatic heterocycles. The number of halogens is 1. The van der Waals surface area contributed by atoms with Gasteiger partial charge in [0.05, 0.1) is 0 Å². The molecule has 0 saturated carbocycles. The first-order chi connectivity index (χ1) is 9.35. The zero-order valence-electron chi connectivity index (χ0n) is 12.3. The van der Waals surface area contributed by atoms with E-state index in [9.17, 15) is 4.21 Å². The van der Waals surface area contributed by atoms with Gasteiger partial charge >= 0.3 is 0 Å². The molecular formula is C14H22BrN3OS. The predicted molar refractivity (Wildman–Crippen MR) is 88.6 cm³/mol. The lowest BCUT2D eigenvalue weighted by Crippen LogP contribution is -2.40. The molecule has 6 heteroatoms. The SMILES string of the molecule is CC(C)(C)NCc1cc(Br)cnc1N1CCS(=O)CC1. The van der Waals surface area contributed by atoms with Crippen molar-refractivity contribution in [2.24, 2.45) is 0 Å². The van der Waals surface area contributed by atoms with E-state index in [1.165, 1.54) is 5.56 Å². The molecule has 0 spiro atoms. The normalized spacial score (nSPS) is 17.5. The molecule has 0 unspecified atom stereocenters. The summed E-state index contributed by atoms with van der Waals surface area (Å²) in [6.07, 6.45) is 1.83. The molecule has 0 radical (unpaired) electrons. The van der Waals surface area contributed by atoms with E-state index in [0.29, 0.717) is 0 Å². The summed E-state index contributed by atoms with van der Waals surface area (Å²) in [7, 11) is -0.658. The van der Waals surface area contributed by atoms with Crippen molar-refractivity contribution < 1.29 is 4.21 Å². The lowest BCUT2D eigenvalue weighted by Gasteiger charge is -2.30. The van der Waals surface area contributed by atoms with Crippen molar-refractivity contribution >= 4 is 32.5 Å². The Morgan fingerprint density at radius 1 is 1.40 bits per heavy atom. The van der Waals surface area contributed by atoms with Gasteiger partial charge in [0.25, 0.3) is 0 Å². The van der Waals surface area contributed by atoms with E-state index in [0.717, 1.165) is 41.4 Å². The maximum atomic E-state index is 11.5. The number of anilines is 1. The molecule has 1 aromatic rings. The quantitative estimate of drug-likeness (QED) is 0.899. The summed E-state index contributed by atoms with van der Waals surface area (Å²) in [4.78, 5) is 6.81. The van der Waals surface area contributed by atoms with Crippen LogP contribution in [0.1, 0.15) is 26.3 Å². The average molecular weight is 360 g/mol. The van der Waals surface area contributed by atoms with Crippen molar-refractivity contribution in [3.63, 3.8) is 0 Å². The van der Waals surface area contributed by atoms with Crippen LogP contribution in [0.2, 0.25) is 0 Å². The van der Waals surface area contributed by atoms with Crippen molar-refractivity contribution in [2.45, 2.75) is 32.9 Å². The van der Waals surface area contributed by atoms with Gasteiger partial charge in [-0.15, -0.1) is 0 Å². The van der Waals surface area contributed by atoms with Gasteiger partial charge in [0.1, 0.15) is 5.82 Å². The van der Waals surface area contributed by atoms with E-state index in [-0.39, 0.29) is 5.54 Å². The minimum absolute atomic E-state index is 0.0724. The Hall–Kier alpha value is -0.460. The Morgan fingerprint density at radius 3 is 2.65 bits per heavy atom. The first-order valence-electron chi connectivity index (χ1n) is 6.84. The summed E-state index contributed by atoms with van der Waals surface area (Å²) >= 11 is 3.49. The summed E-state index contributed by atoms with van der Waals surface area (Å²) in [6, 6.07) is 2.12. The lowest BCUT2D eigenvalue weighted by atomic mass is 10.1. The molecule has 20 heavy (non-hydrogen) atoms. The molecular weight excluding hydrogens is 338 g/mol. The molecule has 0 amide bonds. The number of nitrogens with zero attached hydrogens (tertiary/aromatic N) is 2. The van der Waals surface area contributed by atoms with Crippen LogP contribution >= 0.6 is 15.9 Å². The van der Waals surface area contributed by atoms with Gasteiger partial charge in [-0.05, 0) is 42.8 Å². The van der Waals surface area contributed by atoms with Gasteiger partial charge < -0.3 is 10.2 Å². The molecule has 0 bridgehead atoms. The largest absolute Gasteiger partial charge is 0.355 e. The Kier molecular flexibility index (Phi) is 5.20. The zero-order valence-corrected chi connectivity index (χ0v) is 14.7. The van der Waals surface area contributed by atoms with Gasteiger partial charge in [-0.2, -0.15) is 0 Å². The third-order valence-corrected chi connectivity index (χ3v) is 4.91. The first kappa shape index (κ1) is 15.9.